The first-order chi connectivity index (χ1) is 11.1. The summed E-state index contributed by atoms with van der Waals surface area (Å²) in [6, 6.07) is 9.54. The predicted molar refractivity (Wildman–Crippen MR) is 95.6 cm³/mol. The number of thiophene rings is 1. The number of ether oxygens (including phenoxy) is 1. The maximum atomic E-state index is 12.2. The maximum Gasteiger partial charge on any atom is 0.253 e. The Labute approximate surface area is 146 Å². The molecule has 2 heterocycles. The van der Waals surface area contributed by atoms with Gasteiger partial charge in [0.15, 0.2) is 4.80 Å². The zero-order chi connectivity index (χ0) is 16.4. The van der Waals surface area contributed by atoms with Crippen LogP contribution in [0.25, 0.3) is 10.2 Å². The van der Waals surface area contributed by atoms with Crippen molar-refractivity contribution < 1.29 is 9.53 Å². The number of rotatable bonds is 4. The Morgan fingerprint density at radius 2 is 2.13 bits per heavy atom. The van der Waals surface area contributed by atoms with Crippen LogP contribution in [0.15, 0.2) is 35.3 Å². The zero-order valence-electron chi connectivity index (χ0n) is 12.7. The maximum absolute atomic E-state index is 12.2. The van der Waals surface area contributed by atoms with Crippen LogP contribution in [0.5, 0.6) is 5.75 Å². The summed E-state index contributed by atoms with van der Waals surface area (Å²) in [5, 5.41) is 0. The first-order valence-electron chi connectivity index (χ1n) is 7.10. The molecule has 0 atom stereocenters. The highest BCUT2D eigenvalue weighted by Crippen LogP contribution is 2.24. The molecular weight excluding hydrogens is 352 g/mol. The van der Waals surface area contributed by atoms with Crippen molar-refractivity contribution in [1.82, 2.24) is 4.57 Å². The standard InChI is InChI=1S/C16H15ClN2O2S2/c1-3-19-12-6-4-10(21-2)8-13(12)23-16(19)18-15(20)9-11-5-7-14(17)22-11/h4-8H,3,9H2,1-2H3. The number of methoxy groups -OCH3 is 1. The largest absolute Gasteiger partial charge is 0.497 e. The van der Waals surface area contributed by atoms with Gasteiger partial charge in [0.1, 0.15) is 5.75 Å². The normalized spacial score (nSPS) is 12.0. The number of hydrogen-bond donors (Lipinski definition) is 0. The predicted octanol–water partition coefficient (Wildman–Crippen LogP) is 4.12. The second-order valence-corrected chi connectivity index (χ2v) is 7.66. The van der Waals surface area contributed by atoms with Crippen LogP contribution in [0.1, 0.15) is 11.8 Å². The molecule has 0 saturated carbocycles. The molecule has 4 nitrogen and oxygen atoms in total. The molecule has 0 bridgehead atoms. The summed E-state index contributed by atoms with van der Waals surface area (Å²) < 4.78 is 9.03. The Balaban J connectivity index is 1.98. The smallest absolute Gasteiger partial charge is 0.253 e. The summed E-state index contributed by atoms with van der Waals surface area (Å²) in [5.41, 5.74) is 1.06. The zero-order valence-corrected chi connectivity index (χ0v) is 15.1. The van der Waals surface area contributed by atoms with E-state index in [1.165, 1.54) is 22.7 Å². The van der Waals surface area contributed by atoms with Gasteiger partial charge in [-0.3, -0.25) is 4.79 Å². The molecule has 0 spiro atoms. The Morgan fingerprint density at radius 1 is 1.30 bits per heavy atom. The van der Waals surface area contributed by atoms with Crippen LogP contribution >= 0.6 is 34.3 Å². The van der Waals surface area contributed by atoms with E-state index in [1.807, 2.05) is 35.8 Å². The number of hydrogen-bond acceptors (Lipinski definition) is 4. The van der Waals surface area contributed by atoms with Crippen LogP contribution in [-0.4, -0.2) is 17.6 Å². The molecule has 0 fully saturated rings. The minimum Gasteiger partial charge on any atom is -0.497 e. The Morgan fingerprint density at radius 3 is 2.78 bits per heavy atom. The van der Waals surface area contributed by atoms with Gasteiger partial charge in [-0.05, 0) is 37.3 Å². The number of carbonyl (C=O) groups excluding carboxylic acids is 1. The molecule has 0 unspecified atom stereocenters. The Bertz CT molecular complexity index is 924. The van der Waals surface area contributed by atoms with Crippen molar-refractivity contribution in [2.75, 3.05) is 7.11 Å². The fourth-order valence-electron chi connectivity index (χ4n) is 2.31. The van der Waals surface area contributed by atoms with Gasteiger partial charge < -0.3 is 9.30 Å². The van der Waals surface area contributed by atoms with Crippen molar-refractivity contribution in [2.24, 2.45) is 4.99 Å². The fraction of sp³-hybridized carbons (Fsp3) is 0.250. The number of thiazole rings is 1. The van der Waals surface area contributed by atoms with Gasteiger partial charge in [0, 0.05) is 11.4 Å². The summed E-state index contributed by atoms with van der Waals surface area (Å²) in [6.07, 6.45) is 0.276. The van der Waals surface area contributed by atoms with E-state index in [4.69, 9.17) is 16.3 Å². The fourth-order valence-corrected chi connectivity index (χ4v) is 4.53. The number of aryl methyl sites for hydroxylation is 1. The molecule has 0 aliphatic rings. The molecule has 2 aromatic heterocycles. The van der Waals surface area contributed by atoms with E-state index in [2.05, 4.69) is 4.99 Å². The second-order valence-electron chi connectivity index (χ2n) is 4.85. The molecule has 0 aliphatic carbocycles. The quantitative estimate of drug-likeness (QED) is 0.697. The summed E-state index contributed by atoms with van der Waals surface area (Å²) in [5.74, 6) is 0.636. The van der Waals surface area contributed by atoms with Gasteiger partial charge in [-0.25, -0.2) is 0 Å². The lowest BCUT2D eigenvalue weighted by molar-refractivity contribution is -0.117. The Kier molecular flexibility index (Phi) is 4.84. The molecule has 3 aromatic rings. The van der Waals surface area contributed by atoms with Crippen molar-refractivity contribution in [3.8, 4) is 5.75 Å². The van der Waals surface area contributed by atoms with Crippen LogP contribution in [-0.2, 0) is 17.8 Å². The van der Waals surface area contributed by atoms with E-state index in [-0.39, 0.29) is 12.3 Å². The summed E-state index contributed by atoms with van der Waals surface area (Å²) in [4.78, 5) is 18.2. The van der Waals surface area contributed by atoms with Crippen LogP contribution in [0.3, 0.4) is 0 Å². The molecular formula is C16H15ClN2O2S2. The summed E-state index contributed by atoms with van der Waals surface area (Å²) in [7, 11) is 1.64. The molecule has 23 heavy (non-hydrogen) atoms. The number of amides is 1. The topological polar surface area (TPSA) is 43.6 Å². The SMILES string of the molecule is CCn1c(=NC(=O)Cc2ccc(Cl)s2)sc2cc(OC)ccc21. The molecule has 3 rings (SSSR count). The monoisotopic (exact) mass is 366 g/mol. The van der Waals surface area contributed by atoms with Gasteiger partial charge in [-0.2, -0.15) is 4.99 Å². The lowest BCUT2D eigenvalue weighted by Crippen LogP contribution is -2.16. The first-order valence-corrected chi connectivity index (χ1v) is 9.11. The highest BCUT2D eigenvalue weighted by Gasteiger charge is 2.09. The van der Waals surface area contributed by atoms with Gasteiger partial charge in [0.2, 0.25) is 0 Å². The highest BCUT2D eigenvalue weighted by molar-refractivity contribution is 7.16. The van der Waals surface area contributed by atoms with Crippen molar-refractivity contribution in [1.29, 1.82) is 0 Å². The van der Waals surface area contributed by atoms with Gasteiger partial charge in [-0.1, -0.05) is 22.9 Å². The molecule has 120 valence electrons. The van der Waals surface area contributed by atoms with E-state index in [1.54, 1.807) is 13.2 Å². The highest BCUT2D eigenvalue weighted by atomic mass is 35.5. The third-order valence-corrected chi connectivity index (χ3v) is 5.65. The lowest BCUT2D eigenvalue weighted by atomic mass is 10.3. The molecule has 0 radical (unpaired) electrons. The number of aromatic nitrogens is 1. The number of benzene rings is 1. The van der Waals surface area contributed by atoms with Crippen LogP contribution in [0, 0.1) is 0 Å². The summed E-state index contributed by atoms with van der Waals surface area (Å²) >= 11 is 8.80. The van der Waals surface area contributed by atoms with E-state index < -0.39 is 0 Å². The van der Waals surface area contributed by atoms with Crippen LogP contribution in [0.4, 0.5) is 0 Å². The lowest BCUT2D eigenvalue weighted by Gasteiger charge is -2.01. The molecule has 7 heteroatoms. The first kappa shape index (κ1) is 16.2. The van der Waals surface area contributed by atoms with Crippen LogP contribution < -0.4 is 9.54 Å². The average molecular weight is 367 g/mol. The van der Waals surface area contributed by atoms with E-state index in [0.717, 1.165) is 27.4 Å². The third kappa shape index (κ3) is 3.49. The van der Waals surface area contributed by atoms with Crippen molar-refractivity contribution in [3.05, 3.63) is 44.3 Å². The van der Waals surface area contributed by atoms with E-state index >= 15 is 0 Å². The van der Waals surface area contributed by atoms with Gasteiger partial charge >= 0.3 is 0 Å². The summed E-state index contributed by atoms with van der Waals surface area (Å²) in [6.45, 7) is 2.79. The minimum absolute atomic E-state index is 0.163. The van der Waals surface area contributed by atoms with Crippen molar-refractivity contribution in [2.45, 2.75) is 19.9 Å². The van der Waals surface area contributed by atoms with E-state index in [9.17, 15) is 4.79 Å². The molecule has 0 N–H and O–H groups in total. The molecule has 1 amide bonds. The van der Waals surface area contributed by atoms with Crippen molar-refractivity contribution in [3.63, 3.8) is 0 Å². The number of nitrogens with zero attached hydrogens (tertiary/aromatic N) is 2. The molecule has 0 saturated heterocycles. The third-order valence-electron chi connectivity index (χ3n) is 3.38. The molecule has 1 aromatic carbocycles. The van der Waals surface area contributed by atoms with Gasteiger partial charge in [-0.15, -0.1) is 11.3 Å². The second kappa shape index (κ2) is 6.86. The van der Waals surface area contributed by atoms with Crippen molar-refractivity contribution >= 4 is 50.4 Å². The Hall–Kier alpha value is -1.63. The van der Waals surface area contributed by atoms with Crippen LogP contribution in [0.2, 0.25) is 4.34 Å². The number of fused-ring (bicyclic) bond motifs is 1. The van der Waals surface area contributed by atoms with Gasteiger partial charge in [0.25, 0.3) is 5.91 Å². The average Bonchev–Trinajstić information content (AvgIpc) is 3.08. The number of carbonyl (C=O) groups is 1. The van der Waals surface area contributed by atoms with E-state index in [0.29, 0.717) is 9.14 Å². The molecule has 0 aliphatic heterocycles. The number of halogens is 1. The minimum atomic E-state index is -0.163. The van der Waals surface area contributed by atoms with Gasteiger partial charge in [0.05, 0.1) is 28.1 Å².